The molecule has 2 heterocycles. The molecular formula is C18H29N3OS. The fourth-order valence-electron chi connectivity index (χ4n) is 3.72. The van der Waals surface area contributed by atoms with Gasteiger partial charge in [-0.15, -0.1) is 11.3 Å². The van der Waals surface area contributed by atoms with Crippen LogP contribution in [-0.4, -0.2) is 48.1 Å². The Labute approximate surface area is 143 Å². The zero-order valence-electron chi connectivity index (χ0n) is 14.3. The van der Waals surface area contributed by atoms with Crippen LogP contribution in [0.5, 0.6) is 0 Å². The summed E-state index contributed by atoms with van der Waals surface area (Å²) in [5.74, 6) is 0.644. The highest BCUT2D eigenvalue weighted by atomic mass is 32.1. The second kappa shape index (κ2) is 7.67. The van der Waals surface area contributed by atoms with Gasteiger partial charge in [-0.3, -0.25) is 0 Å². The van der Waals surface area contributed by atoms with Crippen molar-refractivity contribution in [2.75, 3.05) is 26.2 Å². The van der Waals surface area contributed by atoms with Gasteiger partial charge < -0.3 is 15.1 Å². The van der Waals surface area contributed by atoms with Crippen LogP contribution < -0.4 is 5.32 Å². The monoisotopic (exact) mass is 335 g/mol. The van der Waals surface area contributed by atoms with Crippen LogP contribution in [0, 0.1) is 5.92 Å². The molecule has 1 atom stereocenters. The van der Waals surface area contributed by atoms with E-state index in [0.29, 0.717) is 12.0 Å². The second-order valence-corrected chi connectivity index (χ2v) is 7.70. The number of hydrogen-bond acceptors (Lipinski definition) is 3. The van der Waals surface area contributed by atoms with Crippen LogP contribution in [0.1, 0.15) is 50.4 Å². The fourth-order valence-corrected chi connectivity index (χ4v) is 4.59. The highest BCUT2D eigenvalue weighted by Gasteiger charge is 2.35. The molecule has 1 aliphatic heterocycles. The number of nitrogens with zero attached hydrogens (tertiary/aromatic N) is 2. The van der Waals surface area contributed by atoms with Crippen molar-refractivity contribution in [3.8, 4) is 0 Å². The van der Waals surface area contributed by atoms with E-state index < -0.39 is 0 Å². The molecule has 1 saturated heterocycles. The van der Waals surface area contributed by atoms with E-state index in [9.17, 15) is 4.79 Å². The average molecular weight is 336 g/mol. The van der Waals surface area contributed by atoms with Gasteiger partial charge in [0, 0.05) is 24.0 Å². The molecule has 0 spiro atoms. The van der Waals surface area contributed by atoms with Crippen LogP contribution in [0.2, 0.25) is 0 Å². The zero-order chi connectivity index (χ0) is 16.2. The van der Waals surface area contributed by atoms with Crippen molar-refractivity contribution >= 4 is 17.4 Å². The van der Waals surface area contributed by atoms with Crippen molar-refractivity contribution in [2.24, 2.45) is 5.92 Å². The molecular weight excluding hydrogens is 306 g/mol. The molecule has 4 nitrogen and oxygen atoms in total. The summed E-state index contributed by atoms with van der Waals surface area (Å²) < 4.78 is 0. The van der Waals surface area contributed by atoms with E-state index in [-0.39, 0.29) is 12.1 Å². The number of urea groups is 1. The highest BCUT2D eigenvalue weighted by molar-refractivity contribution is 7.10. The summed E-state index contributed by atoms with van der Waals surface area (Å²) in [5, 5.41) is 5.41. The van der Waals surface area contributed by atoms with Crippen LogP contribution in [0.15, 0.2) is 17.5 Å². The molecule has 0 radical (unpaired) electrons. The summed E-state index contributed by atoms with van der Waals surface area (Å²) >= 11 is 1.76. The number of hydrogen-bond donors (Lipinski definition) is 1. The van der Waals surface area contributed by atoms with Crippen molar-refractivity contribution in [1.82, 2.24) is 15.1 Å². The Balaban J connectivity index is 1.53. The lowest BCUT2D eigenvalue weighted by Gasteiger charge is -2.38. The van der Waals surface area contributed by atoms with Gasteiger partial charge in [0.25, 0.3) is 0 Å². The summed E-state index contributed by atoms with van der Waals surface area (Å²) in [5.41, 5.74) is 0. The molecule has 2 fully saturated rings. The normalized spacial score (nSPS) is 20.7. The molecule has 128 valence electrons. The molecule has 0 aromatic carbocycles. The number of rotatable bonds is 6. The maximum Gasteiger partial charge on any atom is 0.317 e. The molecule has 1 aromatic heterocycles. The third-order valence-corrected chi connectivity index (χ3v) is 6.26. The Hall–Kier alpha value is -1.07. The lowest BCUT2D eigenvalue weighted by Crippen LogP contribution is -2.50. The number of carbonyl (C=O) groups excluding carboxylic acids is 1. The lowest BCUT2D eigenvalue weighted by molar-refractivity contribution is 0.123. The number of nitrogens with one attached hydrogen (secondary N) is 1. The molecule has 1 saturated carbocycles. The molecule has 2 aliphatic rings. The van der Waals surface area contributed by atoms with Gasteiger partial charge in [0.2, 0.25) is 0 Å². The fraction of sp³-hybridized carbons (Fsp3) is 0.722. The van der Waals surface area contributed by atoms with E-state index in [4.69, 9.17) is 0 Å². The molecule has 5 heteroatoms. The summed E-state index contributed by atoms with van der Waals surface area (Å²) in [6, 6.07) is 5.24. The molecule has 23 heavy (non-hydrogen) atoms. The first-order chi connectivity index (χ1) is 11.2. The minimum absolute atomic E-state index is 0.133. The number of piperidine rings is 1. The van der Waals surface area contributed by atoms with Crippen molar-refractivity contribution in [1.29, 1.82) is 0 Å². The summed E-state index contributed by atoms with van der Waals surface area (Å²) in [7, 11) is 0. The van der Waals surface area contributed by atoms with E-state index in [1.807, 2.05) is 4.90 Å². The maximum atomic E-state index is 12.7. The van der Waals surface area contributed by atoms with Crippen molar-refractivity contribution in [3.05, 3.63) is 22.4 Å². The molecule has 2 amide bonds. The van der Waals surface area contributed by atoms with Gasteiger partial charge in [-0.2, -0.15) is 0 Å². The number of amides is 2. The van der Waals surface area contributed by atoms with Gasteiger partial charge in [-0.1, -0.05) is 19.9 Å². The van der Waals surface area contributed by atoms with E-state index in [0.717, 1.165) is 39.0 Å². The third-order valence-electron chi connectivity index (χ3n) is 5.30. The van der Waals surface area contributed by atoms with Gasteiger partial charge in [0.1, 0.15) is 0 Å². The standard InChI is InChI=1S/C18H29N3OS/c1-3-20(4-2)15-9-11-21(12-10-15)18(22)19-17(14-7-8-14)16-6-5-13-23-16/h5-6,13-15,17H,3-4,7-12H2,1-2H3,(H,19,22). The van der Waals surface area contributed by atoms with E-state index >= 15 is 0 Å². The van der Waals surface area contributed by atoms with Gasteiger partial charge >= 0.3 is 6.03 Å². The van der Waals surface area contributed by atoms with Crippen LogP contribution in [0.25, 0.3) is 0 Å². The van der Waals surface area contributed by atoms with Gasteiger partial charge in [-0.05, 0) is 56.1 Å². The largest absolute Gasteiger partial charge is 0.330 e. The predicted octanol–water partition coefficient (Wildman–Crippen LogP) is 3.72. The van der Waals surface area contributed by atoms with Gasteiger partial charge in [0.05, 0.1) is 6.04 Å². The summed E-state index contributed by atoms with van der Waals surface area (Å²) in [4.78, 5) is 18.5. The topological polar surface area (TPSA) is 35.6 Å². The van der Waals surface area contributed by atoms with Crippen molar-refractivity contribution in [2.45, 2.75) is 51.6 Å². The second-order valence-electron chi connectivity index (χ2n) is 6.72. The van der Waals surface area contributed by atoms with Crippen molar-refractivity contribution < 1.29 is 4.79 Å². The average Bonchev–Trinajstić information content (AvgIpc) is 3.28. The highest BCUT2D eigenvalue weighted by Crippen LogP contribution is 2.42. The molecule has 1 aromatic rings. The Morgan fingerprint density at radius 2 is 2.00 bits per heavy atom. The van der Waals surface area contributed by atoms with Gasteiger partial charge in [-0.25, -0.2) is 4.79 Å². The SMILES string of the molecule is CCN(CC)C1CCN(C(=O)NC(c2cccs2)C2CC2)CC1. The predicted molar refractivity (Wildman–Crippen MR) is 95.8 cm³/mol. The van der Waals surface area contributed by atoms with Crippen LogP contribution in [0.4, 0.5) is 4.79 Å². The minimum atomic E-state index is 0.133. The summed E-state index contributed by atoms with van der Waals surface area (Å²) in [6.07, 6.45) is 4.68. The van der Waals surface area contributed by atoms with Crippen LogP contribution in [0.3, 0.4) is 0 Å². The van der Waals surface area contributed by atoms with Crippen LogP contribution in [-0.2, 0) is 0 Å². The molecule has 1 aliphatic carbocycles. The first kappa shape index (κ1) is 16.8. The number of thiophene rings is 1. The zero-order valence-corrected chi connectivity index (χ0v) is 15.1. The van der Waals surface area contributed by atoms with E-state index in [2.05, 4.69) is 41.6 Å². The van der Waals surface area contributed by atoms with Gasteiger partial charge in [0.15, 0.2) is 0 Å². The lowest BCUT2D eigenvalue weighted by atomic mass is 10.0. The van der Waals surface area contributed by atoms with Crippen molar-refractivity contribution in [3.63, 3.8) is 0 Å². The Morgan fingerprint density at radius 1 is 1.30 bits per heavy atom. The first-order valence-electron chi connectivity index (χ1n) is 9.05. The molecule has 3 rings (SSSR count). The third kappa shape index (κ3) is 4.07. The molecule has 1 N–H and O–H groups in total. The number of likely N-dealkylation sites (tertiary alicyclic amines) is 1. The molecule has 0 bridgehead atoms. The van der Waals surface area contributed by atoms with Crippen LogP contribution >= 0.6 is 11.3 Å². The quantitative estimate of drug-likeness (QED) is 0.860. The van der Waals surface area contributed by atoms with E-state index in [1.165, 1.54) is 17.7 Å². The van der Waals surface area contributed by atoms with E-state index in [1.54, 1.807) is 11.3 Å². The smallest absolute Gasteiger partial charge is 0.317 e. The Bertz CT molecular complexity index is 488. The number of carbonyl (C=O) groups is 1. The maximum absolute atomic E-state index is 12.7. The Kier molecular flexibility index (Phi) is 5.59. The first-order valence-corrected chi connectivity index (χ1v) is 9.93. The summed E-state index contributed by atoms with van der Waals surface area (Å²) in [6.45, 7) is 8.43. The minimum Gasteiger partial charge on any atom is -0.330 e. The Morgan fingerprint density at radius 3 is 2.52 bits per heavy atom. The molecule has 1 unspecified atom stereocenters.